The van der Waals surface area contributed by atoms with Gasteiger partial charge in [0.2, 0.25) is 0 Å². The lowest BCUT2D eigenvalue weighted by atomic mass is 9.97. The molecule has 2 rings (SSSR count). The van der Waals surface area contributed by atoms with E-state index in [0.29, 0.717) is 34.0 Å². The second-order valence-corrected chi connectivity index (χ2v) is 5.75. The second-order valence-electron chi connectivity index (χ2n) is 4.94. The highest BCUT2D eigenvalue weighted by molar-refractivity contribution is 6.39. The van der Waals surface area contributed by atoms with Crippen LogP contribution in [0.4, 0.5) is 0 Å². The van der Waals surface area contributed by atoms with E-state index in [2.05, 4.69) is 5.32 Å². The summed E-state index contributed by atoms with van der Waals surface area (Å²) < 4.78 is 0. The summed E-state index contributed by atoms with van der Waals surface area (Å²) in [7, 11) is 0. The molecule has 1 amide bonds. The topological polar surface area (TPSA) is 49.3 Å². The average molecular weight is 302 g/mol. The molecule has 1 aliphatic rings. The van der Waals surface area contributed by atoms with Gasteiger partial charge in [-0.05, 0) is 36.8 Å². The van der Waals surface area contributed by atoms with E-state index in [4.69, 9.17) is 23.2 Å². The Labute approximate surface area is 122 Å². The van der Waals surface area contributed by atoms with Gasteiger partial charge < -0.3 is 10.4 Å². The van der Waals surface area contributed by atoms with E-state index < -0.39 is 0 Å². The number of aliphatic hydroxyl groups is 1. The van der Waals surface area contributed by atoms with Crippen molar-refractivity contribution < 1.29 is 9.90 Å². The third kappa shape index (κ3) is 3.41. The first-order valence-electron chi connectivity index (χ1n) is 6.46. The molecule has 1 saturated carbocycles. The van der Waals surface area contributed by atoms with E-state index in [1.807, 2.05) is 0 Å². The van der Waals surface area contributed by atoms with Gasteiger partial charge in [0, 0.05) is 13.2 Å². The number of nitrogens with one attached hydrogen (secondary N) is 1. The van der Waals surface area contributed by atoms with Crippen LogP contribution in [0, 0.1) is 11.8 Å². The molecule has 0 heterocycles. The van der Waals surface area contributed by atoms with Crippen molar-refractivity contribution in [3.05, 3.63) is 33.8 Å². The summed E-state index contributed by atoms with van der Waals surface area (Å²) in [6.07, 6.45) is 3.18. The van der Waals surface area contributed by atoms with Crippen LogP contribution >= 0.6 is 23.2 Å². The van der Waals surface area contributed by atoms with Gasteiger partial charge in [-0.1, -0.05) is 35.7 Å². The molecule has 0 aromatic heterocycles. The number of halogens is 2. The maximum atomic E-state index is 12.1. The standard InChI is InChI=1S/C14H17Cl2NO2/c15-11-5-2-6-12(16)13(11)14(19)17-7-9-3-1-4-10(9)8-18/h2,5-6,9-10,18H,1,3-4,7-8H2,(H,17,19). The van der Waals surface area contributed by atoms with Crippen LogP contribution < -0.4 is 5.32 Å². The number of amides is 1. The average Bonchev–Trinajstić information content (AvgIpc) is 2.83. The second kappa shape index (κ2) is 6.60. The lowest BCUT2D eigenvalue weighted by molar-refractivity contribution is 0.0938. The number of benzene rings is 1. The Kier molecular flexibility index (Phi) is 5.08. The Morgan fingerprint density at radius 3 is 2.53 bits per heavy atom. The van der Waals surface area contributed by atoms with Gasteiger partial charge in [0.25, 0.3) is 5.91 Å². The van der Waals surface area contributed by atoms with Crippen LogP contribution in [0.5, 0.6) is 0 Å². The number of carbonyl (C=O) groups excluding carboxylic acids is 1. The molecule has 2 atom stereocenters. The van der Waals surface area contributed by atoms with E-state index in [9.17, 15) is 9.90 Å². The largest absolute Gasteiger partial charge is 0.396 e. The highest BCUT2D eigenvalue weighted by Gasteiger charge is 2.27. The monoisotopic (exact) mass is 301 g/mol. The van der Waals surface area contributed by atoms with Crippen molar-refractivity contribution in [3.8, 4) is 0 Å². The first-order valence-corrected chi connectivity index (χ1v) is 7.22. The van der Waals surface area contributed by atoms with Gasteiger partial charge >= 0.3 is 0 Å². The number of hydrogen-bond donors (Lipinski definition) is 2. The normalized spacial score (nSPS) is 22.5. The molecule has 0 saturated heterocycles. The predicted octanol–water partition coefficient (Wildman–Crippen LogP) is 3.13. The molecule has 0 bridgehead atoms. The van der Waals surface area contributed by atoms with Crippen LogP contribution in [-0.2, 0) is 0 Å². The van der Waals surface area contributed by atoms with Crippen molar-refractivity contribution in [2.45, 2.75) is 19.3 Å². The maximum Gasteiger partial charge on any atom is 0.254 e. The van der Waals surface area contributed by atoms with E-state index in [0.717, 1.165) is 19.3 Å². The van der Waals surface area contributed by atoms with Crippen molar-refractivity contribution in [3.63, 3.8) is 0 Å². The Morgan fingerprint density at radius 1 is 1.26 bits per heavy atom. The van der Waals surface area contributed by atoms with Crippen LogP contribution in [0.25, 0.3) is 0 Å². The van der Waals surface area contributed by atoms with Gasteiger partial charge in [0.1, 0.15) is 0 Å². The summed E-state index contributed by atoms with van der Waals surface area (Å²) in [5, 5.41) is 12.8. The molecule has 104 valence electrons. The summed E-state index contributed by atoms with van der Waals surface area (Å²) in [6, 6.07) is 5.00. The van der Waals surface area contributed by atoms with Gasteiger partial charge in [-0.2, -0.15) is 0 Å². The van der Waals surface area contributed by atoms with E-state index in [1.54, 1.807) is 18.2 Å². The molecule has 0 spiro atoms. The molecule has 1 aromatic rings. The van der Waals surface area contributed by atoms with Crippen molar-refractivity contribution >= 4 is 29.1 Å². The summed E-state index contributed by atoms with van der Waals surface area (Å²) in [5.41, 5.74) is 0.323. The highest BCUT2D eigenvalue weighted by atomic mass is 35.5. The third-order valence-corrected chi connectivity index (χ3v) is 4.40. The molecular weight excluding hydrogens is 285 g/mol. The quantitative estimate of drug-likeness (QED) is 0.897. The van der Waals surface area contributed by atoms with Gasteiger partial charge in [-0.3, -0.25) is 4.79 Å². The molecule has 0 radical (unpaired) electrons. The van der Waals surface area contributed by atoms with Crippen LogP contribution in [-0.4, -0.2) is 24.2 Å². The molecule has 1 aromatic carbocycles. The van der Waals surface area contributed by atoms with E-state index in [-0.39, 0.29) is 12.5 Å². The number of hydrogen-bond acceptors (Lipinski definition) is 2. The summed E-state index contributed by atoms with van der Waals surface area (Å²) in [5.74, 6) is 0.386. The molecule has 0 aliphatic heterocycles. The molecule has 2 unspecified atom stereocenters. The smallest absolute Gasteiger partial charge is 0.254 e. The number of carbonyl (C=O) groups is 1. The van der Waals surface area contributed by atoms with Crippen molar-refractivity contribution in [1.29, 1.82) is 0 Å². The lowest BCUT2D eigenvalue weighted by Crippen LogP contribution is -2.32. The molecular formula is C14H17Cl2NO2. The SMILES string of the molecule is O=C(NCC1CCCC1CO)c1c(Cl)cccc1Cl. The number of rotatable bonds is 4. The fourth-order valence-corrected chi connectivity index (χ4v) is 3.22. The zero-order valence-electron chi connectivity index (χ0n) is 10.5. The molecule has 19 heavy (non-hydrogen) atoms. The van der Waals surface area contributed by atoms with Crippen molar-refractivity contribution in [2.24, 2.45) is 11.8 Å². The van der Waals surface area contributed by atoms with Gasteiger partial charge in [0.05, 0.1) is 15.6 Å². The number of aliphatic hydroxyl groups excluding tert-OH is 1. The minimum Gasteiger partial charge on any atom is -0.396 e. The van der Waals surface area contributed by atoms with Crippen LogP contribution in [0.2, 0.25) is 10.0 Å². The Bertz CT molecular complexity index is 445. The first-order chi connectivity index (χ1) is 9.13. The minimum atomic E-state index is -0.251. The fourth-order valence-electron chi connectivity index (χ4n) is 2.65. The summed E-state index contributed by atoms with van der Waals surface area (Å²) in [6.45, 7) is 0.749. The highest BCUT2D eigenvalue weighted by Crippen LogP contribution is 2.31. The van der Waals surface area contributed by atoms with Crippen molar-refractivity contribution in [1.82, 2.24) is 5.32 Å². The van der Waals surface area contributed by atoms with E-state index >= 15 is 0 Å². The maximum absolute atomic E-state index is 12.1. The molecule has 1 aliphatic carbocycles. The van der Waals surface area contributed by atoms with Crippen LogP contribution in [0.15, 0.2) is 18.2 Å². The first kappa shape index (κ1) is 14.6. The Morgan fingerprint density at radius 2 is 1.89 bits per heavy atom. The van der Waals surface area contributed by atoms with Crippen LogP contribution in [0.1, 0.15) is 29.6 Å². The zero-order chi connectivity index (χ0) is 13.8. The van der Waals surface area contributed by atoms with Crippen molar-refractivity contribution in [2.75, 3.05) is 13.2 Å². The minimum absolute atomic E-state index is 0.188. The van der Waals surface area contributed by atoms with Gasteiger partial charge in [-0.25, -0.2) is 0 Å². The predicted molar refractivity (Wildman–Crippen MR) is 76.7 cm³/mol. The Hall–Kier alpha value is -0.770. The molecule has 5 heteroatoms. The Balaban J connectivity index is 1.98. The van der Waals surface area contributed by atoms with Crippen LogP contribution in [0.3, 0.4) is 0 Å². The molecule has 1 fully saturated rings. The van der Waals surface area contributed by atoms with Gasteiger partial charge in [0.15, 0.2) is 0 Å². The molecule has 2 N–H and O–H groups in total. The third-order valence-electron chi connectivity index (χ3n) is 3.77. The lowest BCUT2D eigenvalue weighted by Gasteiger charge is -2.18. The molecule has 3 nitrogen and oxygen atoms in total. The summed E-state index contributed by atoms with van der Waals surface area (Å²) >= 11 is 12.0. The van der Waals surface area contributed by atoms with Gasteiger partial charge in [-0.15, -0.1) is 0 Å². The summed E-state index contributed by atoms with van der Waals surface area (Å²) in [4.78, 5) is 12.1. The zero-order valence-corrected chi connectivity index (χ0v) is 12.0. The fraction of sp³-hybridized carbons (Fsp3) is 0.500. The van der Waals surface area contributed by atoms with E-state index in [1.165, 1.54) is 0 Å².